The monoisotopic (exact) mass is 386 g/mol. The van der Waals surface area contributed by atoms with Gasteiger partial charge in [-0.3, -0.25) is 9.59 Å². The quantitative estimate of drug-likeness (QED) is 0.490. The van der Waals surface area contributed by atoms with Gasteiger partial charge < -0.3 is 15.1 Å². The van der Waals surface area contributed by atoms with E-state index in [9.17, 15) is 9.59 Å². The average molecular weight is 386 g/mol. The van der Waals surface area contributed by atoms with E-state index in [1.54, 1.807) is 24.3 Å². The predicted octanol–water partition coefficient (Wildman–Crippen LogP) is 5.29. The number of furan rings is 1. The van der Waals surface area contributed by atoms with Gasteiger partial charge in [0.2, 0.25) is 0 Å². The third-order valence-electron chi connectivity index (χ3n) is 4.99. The first-order chi connectivity index (χ1) is 14.1. The summed E-state index contributed by atoms with van der Waals surface area (Å²) < 4.78 is 6.00. The second-order valence-electron chi connectivity index (χ2n) is 6.98. The highest BCUT2D eigenvalue weighted by Gasteiger charge is 2.21. The molecule has 5 heteroatoms. The Hall–Kier alpha value is -3.60. The number of benzene rings is 3. The Balaban J connectivity index is 1.70. The van der Waals surface area contributed by atoms with Crippen LogP contribution in [0.25, 0.3) is 21.7 Å². The van der Waals surface area contributed by atoms with Crippen LogP contribution in [0, 0.1) is 6.92 Å². The van der Waals surface area contributed by atoms with E-state index in [4.69, 9.17) is 4.42 Å². The van der Waals surface area contributed by atoms with Crippen LogP contribution < -0.4 is 10.6 Å². The highest BCUT2D eigenvalue weighted by Crippen LogP contribution is 2.32. The highest BCUT2D eigenvalue weighted by atomic mass is 16.3. The van der Waals surface area contributed by atoms with Crippen LogP contribution in [0.1, 0.15) is 39.8 Å². The van der Waals surface area contributed by atoms with Gasteiger partial charge in [0.15, 0.2) is 5.76 Å². The van der Waals surface area contributed by atoms with Crippen LogP contribution in [0.4, 0.5) is 5.69 Å². The molecule has 0 radical (unpaired) electrons. The van der Waals surface area contributed by atoms with Crippen molar-refractivity contribution >= 4 is 39.2 Å². The third-order valence-corrected chi connectivity index (χ3v) is 4.99. The van der Waals surface area contributed by atoms with Gasteiger partial charge >= 0.3 is 0 Å². The van der Waals surface area contributed by atoms with Gasteiger partial charge in [0.05, 0.1) is 11.3 Å². The first-order valence-electron chi connectivity index (χ1n) is 9.69. The summed E-state index contributed by atoms with van der Waals surface area (Å²) in [5.41, 5.74) is 2.35. The van der Waals surface area contributed by atoms with Crippen LogP contribution >= 0.6 is 0 Å². The lowest BCUT2D eigenvalue weighted by Crippen LogP contribution is -2.25. The Bertz CT molecular complexity index is 1220. The Labute approximate surface area is 168 Å². The first kappa shape index (κ1) is 18.7. The standard InChI is InChI=1S/C24H22N2O3/c1-3-14-25-23(27)19-10-6-7-11-20(19)26-24(28)21-15(2)17-13-12-16-8-4-5-9-18(16)22(17)29-21/h4-13H,3,14H2,1-2H3,(H,25,27)(H,26,28). The fourth-order valence-electron chi connectivity index (χ4n) is 3.47. The minimum Gasteiger partial charge on any atom is -0.450 e. The SMILES string of the molecule is CCCNC(=O)c1ccccc1NC(=O)c1oc2c(ccc3ccccc32)c1C. The molecular formula is C24H22N2O3. The van der Waals surface area contributed by atoms with Crippen LogP contribution in [-0.2, 0) is 0 Å². The number of amides is 2. The van der Waals surface area contributed by atoms with Gasteiger partial charge in [-0.25, -0.2) is 0 Å². The summed E-state index contributed by atoms with van der Waals surface area (Å²) in [6.45, 7) is 4.44. The van der Waals surface area contributed by atoms with Crippen molar-refractivity contribution in [3.8, 4) is 0 Å². The van der Waals surface area contributed by atoms with E-state index < -0.39 is 0 Å². The summed E-state index contributed by atoms with van der Waals surface area (Å²) >= 11 is 0. The van der Waals surface area contributed by atoms with Crippen molar-refractivity contribution in [3.05, 3.63) is 77.6 Å². The molecule has 0 bridgehead atoms. The summed E-state index contributed by atoms with van der Waals surface area (Å²) in [5, 5.41) is 8.61. The van der Waals surface area contributed by atoms with E-state index in [2.05, 4.69) is 10.6 Å². The number of nitrogens with one attached hydrogen (secondary N) is 2. The Morgan fingerprint density at radius 2 is 1.66 bits per heavy atom. The smallest absolute Gasteiger partial charge is 0.291 e. The van der Waals surface area contributed by atoms with Crippen LogP contribution in [0.15, 0.2) is 65.1 Å². The highest BCUT2D eigenvalue weighted by molar-refractivity contribution is 6.13. The number of hydrogen-bond donors (Lipinski definition) is 2. The largest absolute Gasteiger partial charge is 0.450 e. The van der Waals surface area contributed by atoms with Crippen molar-refractivity contribution in [2.75, 3.05) is 11.9 Å². The Kier molecular flexibility index (Phi) is 5.04. The van der Waals surface area contributed by atoms with Gasteiger partial charge in [-0.2, -0.15) is 0 Å². The normalized spacial score (nSPS) is 11.0. The van der Waals surface area contributed by atoms with Gasteiger partial charge in [0, 0.05) is 22.9 Å². The van der Waals surface area contributed by atoms with Crippen LogP contribution in [0.2, 0.25) is 0 Å². The van der Waals surface area contributed by atoms with Crippen LogP contribution in [0.3, 0.4) is 0 Å². The van der Waals surface area contributed by atoms with E-state index in [1.807, 2.05) is 50.2 Å². The molecule has 0 atom stereocenters. The lowest BCUT2D eigenvalue weighted by Gasteiger charge is -2.10. The second kappa shape index (κ2) is 7.80. The maximum absolute atomic E-state index is 13.0. The molecule has 146 valence electrons. The van der Waals surface area contributed by atoms with Gasteiger partial charge in [-0.05, 0) is 30.9 Å². The number of anilines is 1. The summed E-state index contributed by atoms with van der Waals surface area (Å²) in [7, 11) is 0. The molecule has 4 rings (SSSR count). The number of aryl methyl sites for hydroxylation is 1. The zero-order valence-electron chi connectivity index (χ0n) is 16.4. The summed E-state index contributed by atoms with van der Waals surface area (Å²) in [5.74, 6) is -0.339. The van der Waals surface area contributed by atoms with E-state index in [0.29, 0.717) is 23.4 Å². The molecule has 0 aliphatic rings. The molecular weight excluding hydrogens is 364 g/mol. The van der Waals surface area contributed by atoms with Gasteiger partial charge in [0.1, 0.15) is 5.58 Å². The predicted molar refractivity (Wildman–Crippen MR) is 115 cm³/mol. The number of carbonyl (C=O) groups excluding carboxylic acids is 2. The Morgan fingerprint density at radius 1 is 0.897 bits per heavy atom. The molecule has 0 fully saturated rings. The minimum absolute atomic E-state index is 0.213. The number of rotatable bonds is 5. The summed E-state index contributed by atoms with van der Waals surface area (Å²) in [6, 6.07) is 18.9. The molecule has 2 amide bonds. The number of carbonyl (C=O) groups is 2. The molecule has 2 N–H and O–H groups in total. The topological polar surface area (TPSA) is 71.3 Å². The molecule has 4 aromatic rings. The summed E-state index contributed by atoms with van der Waals surface area (Å²) in [6.07, 6.45) is 0.840. The van der Waals surface area contributed by atoms with E-state index in [-0.39, 0.29) is 17.6 Å². The molecule has 0 unspecified atom stereocenters. The third kappa shape index (κ3) is 3.47. The minimum atomic E-state index is -0.376. The first-order valence-corrected chi connectivity index (χ1v) is 9.69. The molecule has 0 aliphatic heterocycles. The molecule has 0 saturated heterocycles. The van der Waals surface area contributed by atoms with Crippen LogP contribution in [-0.4, -0.2) is 18.4 Å². The molecule has 0 saturated carbocycles. The average Bonchev–Trinajstić information content (AvgIpc) is 3.09. The summed E-state index contributed by atoms with van der Waals surface area (Å²) in [4.78, 5) is 25.4. The van der Waals surface area contributed by atoms with Gasteiger partial charge in [-0.15, -0.1) is 0 Å². The molecule has 5 nitrogen and oxygen atoms in total. The fourth-order valence-corrected chi connectivity index (χ4v) is 3.47. The number of para-hydroxylation sites is 1. The van der Waals surface area contributed by atoms with Gasteiger partial charge in [-0.1, -0.05) is 55.5 Å². The van der Waals surface area contributed by atoms with Crippen molar-refractivity contribution in [3.63, 3.8) is 0 Å². The number of fused-ring (bicyclic) bond motifs is 3. The molecule has 29 heavy (non-hydrogen) atoms. The molecule has 3 aromatic carbocycles. The van der Waals surface area contributed by atoms with Crippen molar-refractivity contribution in [2.45, 2.75) is 20.3 Å². The van der Waals surface area contributed by atoms with E-state index >= 15 is 0 Å². The molecule has 1 heterocycles. The van der Waals surface area contributed by atoms with Crippen molar-refractivity contribution in [1.82, 2.24) is 5.32 Å². The maximum Gasteiger partial charge on any atom is 0.291 e. The Morgan fingerprint density at radius 3 is 2.48 bits per heavy atom. The molecule has 0 spiro atoms. The lowest BCUT2D eigenvalue weighted by molar-refractivity contribution is 0.0954. The fraction of sp³-hybridized carbons (Fsp3) is 0.167. The van der Waals surface area contributed by atoms with E-state index in [1.165, 1.54) is 0 Å². The van der Waals surface area contributed by atoms with E-state index in [0.717, 1.165) is 28.1 Å². The zero-order chi connectivity index (χ0) is 20.4. The maximum atomic E-state index is 13.0. The molecule has 0 aliphatic carbocycles. The number of hydrogen-bond acceptors (Lipinski definition) is 3. The van der Waals surface area contributed by atoms with Crippen LogP contribution in [0.5, 0.6) is 0 Å². The van der Waals surface area contributed by atoms with Crippen molar-refractivity contribution in [1.29, 1.82) is 0 Å². The van der Waals surface area contributed by atoms with Gasteiger partial charge in [0.25, 0.3) is 11.8 Å². The van der Waals surface area contributed by atoms with Crippen molar-refractivity contribution < 1.29 is 14.0 Å². The molecule has 1 aromatic heterocycles. The van der Waals surface area contributed by atoms with Crippen molar-refractivity contribution in [2.24, 2.45) is 0 Å². The lowest BCUT2D eigenvalue weighted by atomic mass is 10.1. The second-order valence-corrected chi connectivity index (χ2v) is 6.98. The zero-order valence-corrected chi connectivity index (χ0v) is 16.4.